The van der Waals surface area contributed by atoms with E-state index in [-0.39, 0.29) is 23.6 Å². The summed E-state index contributed by atoms with van der Waals surface area (Å²) in [6.07, 6.45) is -4.42. The molecule has 0 atom stereocenters. The van der Waals surface area contributed by atoms with Crippen LogP contribution in [0.1, 0.15) is 19.4 Å². The minimum absolute atomic E-state index is 0.0139. The van der Waals surface area contributed by atoms with Gasteiger partial charge < -0.3 is 15.5 Å². The van der Waals surface area contributed by atoms with Crippen LogP contribution in [0.25, 0.3) is 0 Å². The first-order valence-electron chi connectivity index (χ1n) is 7.32. The third-order valence-electron chi connectivity index (χ3n) is 3.11. The molecule has 0 unspecified atom stereocenters. The monoisotopic (exact) mass is 331 g/mol. The molecule has 0 aliphatic carbocycles. The van der Waals surface area contributed by atoms with Gasteiger partial charge in [-0.3, -0.25) is 4.79 Å². The molecule has 1 aromatic carbocycles. The van der Waals surface area contributed by atoms with Crippen LogP contribution in [0.15, 0.2) is 24.3 Å². The molecule has 1 amide bonds. The fourth-order valence-corrected chi connectivity index (χ4v) is 2.40. The van der Waals surface area contributed by atoms with Gasteiger partial charge in [0, 0.05) is 18.8 Å². The Morgan fingerprint density at radius 1 is 1.22 bits per heavy atom. The number of nitrogens with one attached hydrogen (secondary N) is 2. The van der Waals surface area contributed by atoms with Gasteiger partial charge in [0.2, 0.25) is 5.91 Å². The number of carbonyl (C=O) groups excluding carboxylic acids is 1. The first kappa shape index (κ1) is 19.4. The van der Waals surface area contributed by atoms with E-state index in [4.69, 9.17) is 0 Å². The normalized spacial score (nSPS) is 12.5. The van der Waals surface area contributed by atoms with Crippen molar-refractivity contribution in [1.29, 1.82) is 0 Å². The van der Waals surface area contributed by atoms with Gasteiger partial charge in [-0.25, -0.2) is 0 Å². The number of anilines is 1. The third kappa shape index (κ3) is 7.47. The fourth-order valence-electron chi connectivity index (χ4n) is 2.40. The second-order valence-electron chi connectivity index (χ2n) is 6.63. The molecule has 0 heterocycles. The Labute approximate surface area is 135 Å². The molecule has 4 nitrogen and oxygen atoms in total. The molecule has 0 fully saturated rings. The third-order valence-corrected chi connectivity index (χ3v) is 3.11. The van der Waals surface area contributed by atoms with E-state index < -0.39 is 11.7 Å². The van der Waals surface area contributed by atoms with Crippen molar-refractivity contribution in [3.8, 4) is 0 Å². The largest absolute Gasteiger partial charge is 0.416 e. The molecule has 0 saturated carbocycles. The van der Waals surface area contributed by atoms with Gasteiger partial charge in [0.25, 0.3) is 0 Å². The standard InChI is InChI=1S/C16H24F3N3O/c1-15(2,11-22(3)4)10-20-9-14(23)21-13-7-5-6-12(8-13)16(17,18)19/h5-8,20H,9-11H2,1-4H3,(H,21,23). The summed E-state index contributed by atoms with van der Waals surface area (Å²) in [5.41, 5.74) is -0.658. The predicted molar refractivity (Wildman–Crippen MR) is 85.3 cm³/mol. The molecule has 0 aliphatic heterocycles. The maximum Gasteiger partial charge on any atom is 0.416 e. The molecule has 0 aliphatic rings. The van der Waals surface area contributed by atoms with Gasteiger partial charge >= 0.3 is 6.18 Å². The van der Waals surface area contributed by atoms with E-state index in [1.54, 1.807) is 0 Å². The molecule has 0 spiro atoms. The number of benzene rings is 1. The van der Waals surface area contributed by atoms with E-state index in [0.717, 1.165) is 18.7 Å². The highest BCUT2D eigenvalue weighted by atomic mass is 19.4. The van der Waals surface area contributed by atoms with Crippen LogP contribution < -0.4 is 10.6 Å². The van der Waals surface area contributed by atoms with Crippen molar-refractivity contribution in [1.82, 2.24) is 10.2 Å². The maximum atomic E-state index is 12.6. The minimum atomic E-state index is -4.42. The van der Waals surface area contributed by atoms with Gasteiger partial charge in [-0.1, -0.05) is 19.9 Å². The Morgan fingerprint density at radius 2 is 1.87 bits per heavy atom. The smallest absolute Gasteiger partial charge is 0.325 e. The molecule has 0 aromatic heterocycles. The second kappa shape index (κ2) is 7.79. The number of hydrogen-bond donors (Lipinski definition) is 2. The maximum absolute atomic E-state index is 12.6. The molecule has 130 valence electrons. The van der Waals surface area contributed by atoms with Crippen LogP contribution in [-0.4, -0.2) is 44.5 Å². The van der Waals surface area contributed by atoms with Crippen molar-refractivity contribution in [2.24, 2.45) is 5.41 Å². The topological polar surface area (TPSA) is 44.4 Å². The Balaban J connectivity index is 2.49. The molecular formula is C16H24F3N3O. The first-order chi connectivity index (χ1) is 10.5. The Kier molecular flexibility index (Phi) is 6.58. The summed E-state index contributed by atoms with van der Waals surface area (Å²) in [5, 5.41) is 5.50. The van der Waals surface area contributed by atoms with E-state index in [9.17, 15) is 18.0 Å². The predicted octanol–water partition coefficient (Wildman–Crippen LogP) is 2.82. The van der Waals surface area contributed by atoms with E-state index in [2.05, 4.69) is 29.4 Å². The number of alkyl halides is 3. The molecule has 7 heteroatoms. The Bertz CT molecular complexity index is 528. The number of rotatable bonds is 7. The molecular weight excluding hydrogens is 307 g/mol. The highest BCUT2D eigenvalue weighted by Crippen LogP contribution is 2.30. The zero-order chi connectivity index (χ0) is 17.7. The van der Waals surface area contributed by atoms with E-state index in [0.29, 0.717) is 6.54 Å². The van der Waals surface area contributed by atoms with Gasteiger partial charge in [0.15, 0.2) is 0 Å². The van der Waals surface area contributed by atoms with Crippen LogP contribution >= 0.6 is 0 Å². The zero-order valence-electron chi connectivity index (χ0n) is 13.9. The van der Waals surface area contributed by atoms with Gasteiger partial charge in [-0.05, 0) is 37.7 Å². The van der Waals surface area contributed by atoms with Crippen molar-refractivity contribution >= 4 is 11.6 Å². The van der Waals surface area contributed by atoms with Crippen molar-refractivity contribution < 1.29 is 18.0 Å². The summed E-state index contributed by atoms with van der Waals surface area (Å²) in [7, 11) is 3.95. The van der Waals surface area contributed by atoms with Crippen LogP contribution in [0.5, 0.6) is 0 Å². The van der Waals surface area contributed by atoms with Crippen molar-refractivity contribution in [3.05, 3.63) is 29.8 Å². The quantitative estimate of drug-likeness (QED) is 0.807. The van der Waals surface area contributed by atoms with Crippen molar-refractivity contribution in [2.45, 2.75) is 20.0 Å². The molecule has 1 aromatic rings. The summed E-state index contributed by atoms with van der Waals surface area (Å²) in [6.45, 7) is 5.68. The lowest BCUT2D eigenvalue weighted by Crippen LogP contribution is -2.40. The molecule has 0 bridgehead atoms. The lowest BCUT2D eigenvalue weighted by atomic mass is 9.93. The zero-order valence-corrected chi connectivity index (χ0v) is 13.9. The summed E-state index contributed by atoms with van der Waals surface area (Å²) >= 11 is 0. The van der Waals surface area contributed by atoms with Crippen LogP contribution in [0.2, 0.25) is 0 Å². The average molecular weight is 331 g/mol. The summed E-state index contributed by atoms with van der Waals surface area (Å²) in [4.78, 5) is 13.9. The number of amides is 1. The number of hydrogen-bond acceptors (Lipinski definition) is 3. The first-order valence-corrected chi connectivity index (χ1v) is 7.32. The molecule has 1 rings (SSSR count). The van der Waals surface area contributed by atoms with Gasteiger partial charge in [-0.2, -0.15) is 13.2 Å². The molecule has 23 heavy (non-hydrogen) atoms. The van der Waals surface area contributed by atoms with E-state index in [1.165, 1.54) is 12.1 Å². The lowest BCUT2D eigenvalue weighted by Gasteiger charge is -2.28. The SMILES string of the molecule is CN(C)CC(C)(C)CNCC(=O)Nc1cccc(C(F)(F)F)c1. The molecule has 2 N–H and O–H groups in total. The Morgan fingerprint density at radius 3 is 2.43 bits per heavy atom. The van der Waals surface area contributed by atoms with E-state index >= 15 is 0 Å². The minimum Gasteiger partial charge on any atom is -0.325 e. The summed E-state index contributed by atoms with van der Waals surface area (Å²) in [6, 6.07) is 4.60. The van der Waals surface area contributed by atoms with Gasteiger partial charge in [-0.15, -0.1) is 0 Å². The number of halogens is 3. The van der Waals surface area contributed by atoms with E-state index in [1.807, 2.05) is 14.1 Å². The van der Waals surface area contributed by atoms with Gasteiger partial charge in [0.05, 0.1) is 12.1 Å². The summed E-state index contributed by atoms with van der Waals surface area (Å²) in [5.74, 6) is -0.370. The average Bonchev–Trinajstić information content (AvgIpc) is 2.36. The lowest BCUT2D eigenvalue weighted by molar-refractivity contribution is -0.137. The second-order valence-corrected chi connectivity index (χ2v) is 6.63. The fraction of sp³-hybridized carbons (Fsp3) is 0.562. The summed E-state index contributed by atoms with van der Waals surface area (Å²) < 4.78 is 37.8. The molecule has 0 radical (unpaired) electrons. The molecule has 0 saturated heterocycles. The van der Waals surface area contributed by atoms with Gasteiger partial charge in [0.1, 0.15) is 0 Å². The highest BCUT2D eigenvalue weighted by molar-refractivity contribution is 5.92. The number of carbonyl (C=O) groups is 1. The van der Waals surface area contributed by atoms with Crippen LogP contribution in [0.3, 0.4) is 0 Å². The highest BCUT2D eigenvalue weighted by Gasteiger charge is 2.30. The van der Waals surface area contributed by atoms with Crippen molar-refractivity contribution in [2.75, 3.05) is 39.0 Å². The van der Waals surface area contributed by atoms with Crippen LogP contribution in [0.4, 0.5) is 18.9 Å². The number of nitrogens with zero attached hydrogens (tertiary/aromatic N) is 1. The van der Waals surface area contributed by atoms with Crippen LogP contribution in [-0.2, 0) is 11.0 Å². The Hall–Kier alpha value is -1.60. The van der Waals surface area contributed by atoms with Crippen LogP contribution in [0, 0.1) is 5.41 Å². The van der Waals surface area contributed by atoms with Crippen molar-refractivity contribution in [3.63, 3.8) is 0 Å².